The van der Waals surface area contributed by atoms with Crippen molar-refractivity contribution in [2.75, 3.05) is 0 Å². The highest BCUT2D eigenvalue weighted by Gasteiger charge is 2.19. The smallest absolute Gasteiger partial charge is 0.258 e. The predicted molar refractivity (Wildman–Crippen MR) is 60.4 cm³/mol. The van der Waals surface area contributed by atoms with Crippen LogP contribution >= 0.6 is 0 Å². The highest BCUT2D eigenvalue weighted by Crippen LogP contribution is 2.32. The minimum absolute atomic E-state index is 0.104. The van der Waals surface area contributed by atoms with Crippen LogP contribution < -0.4 is 0 Å². The number of hydrogen-bond donors (Lipinski definition) is 0. The zero-order valence-corrected chi connectivity index (χ0v) is 8.64. The first kappa shape index (κ1) is 9.27. The molecule has 0 atom stereocenters. The van der Waals surface area contributed by atoms with Crippen LogP contribution in [-0.4, -0.2) is 9.91 Å². The van der Waals surface area contributed by atoms with Crippen LogP contribution in [0.1, 0.15) is 17.5 Å². The Hall–Kier alpha value is -1.97. The standard InChI is InChI=1S/C12H10N2O2/c15-14(16)11-6-2-5-10-9-4-1-3-8(9)7-13-12(10)11/h2,5-7H,1,3-4H2. The number of fused-ring (bicyclic) bond motifs is 3. The second kappa shape index (κ2) is 3.27. The van der Waals surface area contributed by atoms with Crippen molar-refractivity contribution < 1.29 is 4.92 Å². The Morgan fingerprint density at radius 1 is 1.31 bits per heavy atom. The molecule has 1 aliphatic rings. The first-order valence-corrected chi connectivity index (χ1v) is 5.31. The lowest BCUT2D eigenvalue weighted by molar-refractivity contribution is -0.383. The van der Waals surface area contributed by atoms with Gasteiger partial charge in [-0.1, -0.05) is 12.1 Å². The quantitative estimate of drug-likeness (QED) is 0.541. The third kappa shape index (κ3) is 1.19. The van der Waals surface area contributed by atoms with Crippen LogP contribution in [0.25, 0.3) is 10.9 Å². The van der Waals surface area contributed by atoms with E-state index in [1.807, 2.05) is 6.07 Å². The van der Waals surface area contributed by atoms with Gasteiger partial charge in [0.05, 0.1) is 4.92 Å². The topological polar surface area (TPSA) is 56.0 Å². The maximum absolute atomic E-state index is 10.9. The number of pyridine rings is 1. The summed E-state index contributed by atoms with van der Waals surface area (Å²) in [6, 6.07) is 5.18. The number of rotatable bonds is 1. The van der Waals surface area contributed by atoms with Gasteiger partial charge < -0.3 is 0 Å². The van der Waals surface area contributed by atoms with E-state index in [1.54, 1.807) is 12.3 Å². The zero-order valence-electron chi connectivity index (χ0n) is 8.64. The Bertz CT molecular complexity index is 593. The third-order valence-electron chi connectivity index (χ3n) is 3.15. The van der Waals surface area contributed by atoms with Gasteiger partial charge in [-0.05, 0) is 30.4 Å². The van der Waals surface area contributed by atoms with E-state index in [2.05, 4.69) is 4.98 Å². The molecule has 0 unspecified atom stereocenters. The molecule has 0 spiro atoms. The predicted octanol–water partition coefficient (Wildman–Crippen LogP) is 2.63. The first-order valence-electron chi connectivity index (χ1n) is 5.31. The Balaban J connectivity index is 2.39. The summed E-state index contributed by atoms with van der Waals surface area (Å²) in [4.78, 5) is 14.7. The number of benzene rings is 1. The van der Waals surface area contributed by atoms with Crippen molar-refractivity contribution in [1.82, 2.24) is 4.98 Å². The van der Waals surface area contributed by atoms with Crippen LogP contribution in [0.2, 0.25) is 0 Å². The lowest BCUT2D eigenvalue weighted by Gasteiger charge is -2.04. The summed E-state index contributed by atoms with van der Waals surface area (Å²) < 4.78 is 0. The zero-order chi connectivity index (χ0) is 11.1. The number of nitro groups is 1. The Kier molecular flexibility index (Phi) is 1.89. The van der Waals surface area contributed by atoms with Crippen molar-refractivity contribution in [3.05, 3.63) is 45.6 Å². The van der Waals surface area contributed by atoms with Crippen LogP contribution in [0.15, 0.2) is 24.4 Å². The summed E-state index contributed by atoms with van der Waals surface area (Å²) in [5, 5.41) is 11.8. The van der Waals surface area contributed by atoms with Gasteiger partial charge in [-0.3, -0.25) is 10.1 Å². The van der Waals surface area contributed by atoms with Crippen molar-refractivity contribution >= 4 is 16.6 Å². The molecule has 0 aliphatic heterocycles. The second-order valence-corrected chi connectivity index (χ2v) is 4.05. The molecule has 16 heavy (non-hydrogen) atoms. The summed E-state index contributed by atoms with van der Waals surface area (Å²) >= 11 is 0. The van der Waals surface area contributed by atoms with Crippen LogP contribution in [0.5, 0.6) is 0 Å². The molecular formula is C12H10N2O2. The summed E-state index contributed by atoms with van der Waals surface area (Å²) in [6.07, 6.45) is 4.97. The Labute approximate surface area is 92.1 Å². The molecule has 0 fully saturated rings. The van der Waals surface area contributed by atoms with Crippen LogP contribution in [0.4, 0.5) is 5.69 Å². The molecule has 80 valence electrons. The molecular weight excluding hydrogens is 204 g/mol. The maximum atomic E-state index is 10.9. The molecule has 0 bridgehead atoms. The van der Waals surface area contributed by atoms with E-state index in [1.165, 1.54) is 17.2 Å². The van der Waals surface area contributed by atoms with Crippen LogP contribution in [0, 0.1) is 10.1 Å². The van der Waals surface area contributed by atoms with Gasteiger partial charge in [0.2, 0.25) is 0 Å². The average Bonchev–Trinajstić information content (AvgIpc) is 2.76. The molecule has 0 N–H and O–H groups in total. The molecule has 2 aromatic rings. The van der Waals surface area contributed by atoms with Crippen LogP contribution in [0.3, 0.4) is 0 Å². The van der Waals surface area contributed by atoms with E-state index in [4.69, 9.17) is 0 Å². The fourth-order valence-corrected chi connectivity index (χ4v) is 2.42. The van der Waals surface area contributed by atoms with Crippen molar-refractivity contribution in [3.8, 4) is 0 Å². The summed E-state index contributed by atoms with van der Waals surface area (Å²) in [7, 11) is 0. The van der Waals surface area contributed by atoms with E-state index >= 15 is 0 Å². The van der Waals surface area contributed by atoms with E-state index in [0.717, 1.165) is 24.6 Å². The minimum Gasteiger partial charge on any atom is -0.258 e. The largest absolute Gasteiger partial charge is 0.295 e. The molecule has 4 heteroatoms. The molecule has 1 aromatic carbocycles. The second-order valence-electron chi connectivity index (χ2n) is 4.05. The van der Waals surface area contributed by atoms with Crippen molar-refractivity contribution in [3.63, 3.8) is 0 Å². The monoisotopic (exact) mass is 214 g/mol. The van der Waals surface area contributed by atoms with Gasteiger partial charge >= 0.3 is 0 Å². The van der Waals surface area contributed by atoms with Gasteiger partial charge in [0.25, 0.3) is 5.69 Å². The van der Waals surface area contributed by atoms with Crippen LogP contribution in [-0.2, 0) is 12.8 Å². The molecule has 0 radical (unpaired) electrons. The minimum atomic E-state index is -0.364. The molecule has 3 rings (SSSR count). The SMILES string of the molecule is O=[N+]([O-])c1cccc2c3c(cnc12)CCC3. The Morgan fingerprint density at radius 3 is 3.00 bits per heavy atom. The highest BCUT2D eigenvalue weighted by molar-refractivity contribution is 5.90. The number of aromatic nitrogens is 1. The van der Waals surface area contributed by atoms with E-state index < -0.39 is 0 Å². The maximum Gasteiger partial charge on any atom is 0.295 e. The summed E-state index contributed by atoms with van der Waals surface area (Å²) in [5.41, 5.74) is 3.11. The molecule has 1 aromatic heterocycles. The van der Waals surface area contributed by atoms with Gasteiger partial charge in [0.15, 0.2) is 0 Å². The first-order chi connectivity index (χ1) is 7.77. The van der Waals surface area contributed by atoms with E-state index in [0.29, 0.717) is 5.52 Å². The fraction of sp³-hybridized carbons (Fsp3) is 0.250. The van der Waals surface area contributed by atoms with Crippen molar-refractivity contribution in [2.45, 2.75) is 19.3 Å². The summed E-state index contributed by atoms with van der Waals surface area (Å²) in [5.74, 6) is 0. The normalized spacial score (nSPS) is 14.0. The lowest BCUT2D eigenvalue weighted by atomic mass is 10.1. The molecule has 0 saturated heterocycles. The molecule has 1 heterocycles. The number of nitro benzene ring substituents is 1. The average molecular weight is 214 g/mol. The van der Waals surface area contributed by atoms with Crippen molar-refractivity contribution in [1.29, 1.82) is 0 Å². The van der Waals surface area contributed by atoms with Gasteiger partial charge in [-0.15, -0.1) is 0 Å². The molecule has 4 nitrogen and oxygen atoms in total. The number of para-hydroxylation sites is 1. The number of aryl methyl sites for hydroxylation is 2. The van der Waals surface area contributed by atoms with Gasteiger partial charge in [-0.2, -0.15) is 0 Å². The fourth-order valence-electron chi connectivity index (χ4n) is 2.42. The summed E-state index contributed by atoms with van der Waals surface area (Å²) in [6.45, 7) is 0. The molecule has 0 amide bonds. The van der Waals surface area contributed by atoms with Gasteiger partial charge in [0, 0.05) is 17.6 Å². The molecule has 1 aliphatic carbocycles. The molecule has 0 saturated carbocycles. The van der Waals surface area contributed by atoms with E-state index in [-0.39, 0.29) is 10.6 Å². The lowest BCUT2D eigenvalue weighted by Crippen LogP contribution is -1.94. The number of hydrogen-bond acceptors (Lipinski definition) is 3. The third-order valence-corrected chi connectivity index (χ3v) is 3.15. The van der Waals surface area contributed by atoms with E-state index in [9.17, 15) is 10.1 Å². The van der Waals surface area contributed by atoms with Crippen molar-refractivity contribution in [2.24, 2.45) is 0 Å². The number of nitrogens with zero attached hydrogens (tertiary/aromatic N) is 2. The van der Waals surface area contributed by atoms with Gasteiger partial charge in [-0.25, -0.2) is 4.98 Å². The van der Waals surface area contributed by atoms with Gasteiger partial charge in [0.1, 0.15) is 5.52 Å². The number of non-ortho nitro benzene ring substituents is 1. The Morgan fingerprint density at radius 2 is 2.19 bits per heavy atom. The highest BCUT2D eigenvalue weighted by atomic mass is 16.6.